The summed E-state index contributed by atoms with van der Waals surface area (Å²) in [6, 6.07) is 0. The Morgan fingerprint density at radius 1 is 1.80 bits per heavy atom. The van der Waals surface area contributed by atoms with Crippen LogP contribution in [-0.4, -0.2) is 24.5 Å². The van der Waals surface area contributed by atoms with Gasteiger partial charge >= 0.3 is 0 Å². The van der Waals surface area contributed by atoms with E-state index < -0.39 is 0 Å². The number of carbonyl (C=O) groups excluding carboxylic acids is 1. The van der Waals surface area contributed by atoms with Crippen LogP contribution < -0.4 is 5.32 Å². The Kier molecular flexibility index (Phi) is 6.10. The number of hydrogen-bond acceptors (Lipinski definition) is 2. The van der Waals surface area contributed by atoms with Gasteiger partial charge in [0.1, 0.15) is 0 Å². The fourth-order valence-electron chi connectivity index (χ4n) is 0.456. The molecule has 3 heteroatoms. The fourth-order valence-corrected chi connectivity index (χ4v) is 0.820. The van der Waals surface area contributed by atoms with E-state index >= 15 is 0 Å². The maximum Gasteiger partial charge on any atom is 0.230 e. The molecule has 0 saturated heterocycles. The molecular formula is C7H11NOS. The Bertz CT molecular complexity index is 139. The van der Waals surface area contributed by atoms with E-state index in [4.69, 9.17) is 6.42 Å². The van der Waals surface area contributed by atoms with Crippen LogP contribution in [0.5, 0.6) is 0 Å². The van der Waals surface area contributed by atoms with Gasteiger partial charge in [0, 0.05) is 13.0 Å². The fraction of sp³-hybridized carbons (Fsp3) is 0.571. The third-order valence-corrected chi connectivity index (χ3v) is 1.42. The van der Waals surface area contributed by atoms with E-state index in [0.717, 1.165) is 0 Å². The summed E-state index contributed by atoms with van der Waals surface area (Å²) >= 11 is 1.50. The molecule has 1 amide bonds. The molecule has 0 fully saturated rings. The van der Waals surface area contributed by atoms with Gasteiger partial charge in [-0.25, -0.2) is 0 Å². The first-order valence-electron chi connectivity index (χ1n) is 3.00. The average Bonchev–Trinajstić information content (AvgIpc) is 1.89. The minimum Gasteiger partial charge on any atom is -0.354 e. The Hall–Kier alpha value is -0.620. The normalized spacial score (nSPS) is 8.40. The molecule has 0 heterocycles. The molecule has 0 unspecified atom stereocenters. The van der Waals surface area contributed by atoms with Gasteiger partial charge < -0.3 is 5.32 Å². The van der Waals surface area contributed by atoms with E-state index in [2.05, 4.69) is 11.2 Å². The largest absolute Gasteiger partial charge is 0.354 e. The van der Waals surface area contributed by atoms with Crippen LogP contribution >= 0.6 is 11.8 Å². The van der Waals surface area contributed by atoms with Crippen molar-refractivity contribution < 1.29 is 4.79 Å². The van der Waals surface area contributed by atoms with Gasteiger partial charge in [-0.15, -0.1) is 12.3 Å². The molecule has 1 N–H and O–H groups in total. The summed E-state index contributed by atoms with van der Waals surface area (Å²) in [7, 11) is 0. The molecule has 0 bridgehead atoms. The van der Waals surface area contributed by atoms with Gasteiger partial charge in [-0.1, -0.05) is 0 Å². The molecule has 0 saturated carbocycles. The van der Waals surface area contributed by atoms with Crippen molar-refractivity contribution in [2.75, 3.05) is 18.6 Å². The summed E-state index contributed by atoms with van der Waals surface area (Å²) in [5.41, 5.74) is 0. The zero-order valence-electron chi connectivity index (χ0n) is 6.02. The Morgan fingerprint density at radius 2 is 2.50 bits per heavy atom. The lowest BCUT2D eigenvalue weighted by molar-refractivity contribution is -0.118. The van der Waals surface area contributed by atoms with Crippen LogP contribution in [0.25, 0.3) is 0 Å². The predicted octanol–water partition coefficient (Wildman–Crippen LogP) is 0.489. The highest BCUT2D eigenvalue weighted by Gasteiger charge is 1.95. The topological polar surface area (TPSA) is 29.1 Å². The molecule has 0 aliphatic carbocycles. The first-order valence-corrected chi connectivity index (χ1v) is 4.39. The van der Waals surface area contributed by atoms with Crippen LogP contribution in [0.4, 0.5) is 0 Å². The van der Waals surface area contributed by atoms with Crippen molar-refractivity contribution in [1.82, 2.24) is 5.32 Å². The van der Waals surface area contributed by atoms with Crippen LogP contribution in [0.1, 0.15) is 6.42 Å². The Morgan fingerprint density at radius 3 is 3.00 bits per heavy atom. The van der Waals surface area contributed by atoms with E-state index in [1.54, 1.807) is 0 Å². The quantitative estimate of drug-likeness (QED) is 0.475. The molecule has 0 aliphatic rings. The monoisotopic (exact) mass is 157 g/mol. The average molecular weight is 157 g/mol. The van der Waals surface area contributed by atoms with E-state index in [1.807, 2.05) is 6.26 Å². The molecule has 0 aromatic heterocycles. The van der Waals surface area contributed by atoms with E-state index in [9.17, 15) is 4.79 Å². The third kappa shape index (κ3) is 5.52. The standard InChI is InChI=1S/C7H11NOS/c1-3-4-5-8-7(9)6-10-2/h1H,4-6H2,2H3,(H,8,9). The first kappa shape index (κ1) is 9.38. The summed E-state index contributed by atoms with van der Waals surface area (Å²) in [5.74, 6) is 3.02. The van der Waals surface area contributed by atoms with E-state index in [0.29, 0.717) is 18.7 Å². The van der Waals surface area contributed by atoms with Gasteiger partial charge in [-0.3, -0.25) is 4.79 Å². The molecule has 2 nitrogen and oxygen atoms in total. The van der Waals surface area contributed by atoms with Crippen LogP contribution in [0, 0.1) is 12.3 Å². The molecular weight excluding hydrogens is 146 g/mol. The van der Waals surface area contributed by atoms with Gasteiger partial charge in [0.2, 0.25) is 5.91 Å². The van der Waals surface area contributed by atoms with Gasteiger partial charge in [0.15, 0.2) is 0 Å². The third-order valence-electron chi connectivity index (χ3n) is 0.867. The summed E-state index contributed by atoms with van der Waals surface area (Å²) < 4.78 is 0. The van der Waals surface area contributed by atoms with Crippen LogP contribution in [-0.2, 0) is 4.79 Å². The molecule has 10 heavy (non-hydrogen) atoms. The van der Waals surface area contributed by atoms with Crippen molar-refractivity contribution in [3.05, 3.63) is 0 Å². The number of nitrogens with one attached hydrogen (secondary N) is 1. The maximum absolute atomic E-state index is 10.7. The number of hydrogen-bond donors (Lipinski definition) is 1. The number of amides is 1. The van der Waals surface area contributed by atoms with Crippen molar-refractivity contribution in [1.29, 1.82) is 0 Å². The minimum atomic E-state index is 0.0581. The second-order valence-electron chi connectivity index (χ2n) is 1.74. The Labute approximate surface area is 65.8 Å². The summed E-state index contributed by atoms with van der Waals surface area (Å²) in [5, 5.41) is 2.68. The highest BCUT2D eigenvalue weighted by Crippen LogP contribution is 1.88. The summed E-state index contributed by atoms with van der Waals surface area (Å²) in [6.45, 7) is 0.593. The lowest BCUT2D eigenvalue weighted by Crippen LogP contribution is -2.25. The highest BCUT2D eigenvalue weighted by atomic mass is 32.2. The van der Waals surface area contributed by atoms with E-state index in [1.165, 1.54) is 11.8 Å². The SMILES string of the molecule is C#CCCNC(=O)CSC. The molecule has 0 spiro atoms. The smallest absolute Gasteiger partial charge is 0.230 e. The number of thioether (sulfide) groups is 1. The number of carbonyl (C=O) groups is 1. The highest BCUT2D eigenvalue weighted by molar-refractivity contribution is 7.99. The molecule has 0 rings (SSSR count). The van der Waals surface area contributed by atoms with Crippen LogP contribution in [0.2, 0.25) is 0 Å². The minimum absolute atomic E-state index is 0.0581. The zero-order chi connectivity index (χ0) is 7.82. The summed E-state index contributed by atoms with van der Waals surface area (Å²) in [6.07, 6.45) is 7.48. The molecule has 56 valence electrons. The molecule has 0 aliphatic heterocycles. The lowest BCUT2D eigenvalue weighted by atomic mass is 10.4. The number of terminal acetylenes is 1. The summed E-state index contributed by atoms with van der Waals surface area (Å²) in [4.78, 5) is 10.7. The van der Waals surface area contributed by atoms with Crippen molar-refractivity contribution in [2.45, 2.75) is 6.42 Å². The van der Waals surface area contributed by atoms with Crippen molar-refractivity contribution in [2.24, 2.45) is 0 Å². The van der Waals surface area contributed by atoms with Gasteiger partial charge in [-0.05, 0) is 6.26 Å². The lowest BCUT2D eigenvalue weighted by Gasteiger charge is -1.98. The maximum atomic E-state index is 10.7. The van der Waals surface area contributed by atoms with Crippen LogP contribution in [0.3, 0.4) is 0 Å². The second kappa shape index (κ2) is 6.50. The van der Waals surface area contributed by atoms with Crippen molar-refractivity contribution >= 4 is 17.7 Å². The first-order chi connectivity index (χ1) is 4.81. The van der Waals surface area contributed by atoms with Crippen molar-refractivity contribution in [3.63, 3.8) is 0 Å². The second-order valence-corrected chi connectivity index (χ2v) is 2.60. The zero-order valence-corrected chi connectivity index (χ0v) is 6.83. The Balaban J connectivity index is 3.15. The van der Waals surface area contributed by atoms with Crippen molar-refractivity contribution in [3.8, 4) is 12.3 Å². The van der Waals surface area contributed by atoms with Gasteiger partial charge in [0.25, 0.3) is 0 Å². The number of rotatable bonds is 4. The molecule has 0 aromatic carbocycles. The molecule has 0 radical (unpaired) electrons. The van der Waals surface area contributed by atoms with E-state index in [-0.39, 0.29) is 5.91 Å². The molecule has 0 aromatic rings. The van der Waals surface area contributed by atoms with Crippen LogP contribution in [0.15, 0.2) is 0 Å². The van der Waals surface area contributed by atoms with Gasteiger partial charge in [0.05, 0.1) is 5.75 Å². The van der Waals surface area contributed by atoms with Gasteiger partial charge in [-0.2, -0.15) is 11.8 Å². The molecule has 0 atom stereocenters. The predicted molar refractivity (Wildman–Crippen MR) is 44.8 cm³/mol.